The minimum atomic E-state index is -8.64. The fraction of sp³-hybridized carbons (Fsp3) is 0.786. The molecule has 0 saturated heterocycles. The van der Waals surface area contributed by atoms with Gasteiger partial charge in [0, 0.05) is 22.6 Å². The van der Waals surface area contributed by atoms with Crippen LogP contribution in [0.1, 0.15) is 6.42 Å². The van der Waals surface area contributed by atoms with Crippen LogP contribution in [0.5, 0.6) is 0 Å². The van der Waals surface area contributed by atoms with E-state index in [4.69, 9.17) is 0 Å². The van der Waals surface area contributed by atoms with E-state index in [2.05, 4.69) is 0 Å². The van der Waals surface area contributed by atoms with Crippen molar-refractivity contribution in [2.75, 3.05) is 0 Å². The Kier molecular flexibility index (Phi) is 7.56. The van der Waals surface area contributed by atoms with E-state index in [-0.39, 0.29) is 12.5 Å². The van der Waals surface area contributed by atoms with Gasteiger partial charge in [0.15, 0.2) is 0 Å². The Morgan fingerprint density at radius 1 is 0.600 bits per heavy atom. The van der Waals surface area contributed by atoms with Crippen LogP contribution in [0.2, 0.25) is 0 Å². The van der Waals surface area contributed by atoms with Gasteiger partial charge in [0.1, 0.15) is 18.8 Å². The Hall–Kier alpha value is -1.32. The summed E-state index contributed by atoms with van der Waals surface area (Å²) < 4.78 is 236. The summed E-state index contributed by atoms with van der Waals surface area (Å²) in [7, 11) is 0.950. The van der Waals surface area contributed by atoms with Gasteiger partial charge in [0.05, 0.1) is 7.05 Å². The zero-order valence-electron chi connectivity index (χ0n) is 16.0. The number of imidazole rings is 1. The third kappa shape index (κ3) is 4.50. The quantitative estimate of drug-likeness (QED) is 0.113. The molecule has 21 heteroatoms. The summed E-state index contributed by atoms with van der Waals surface area (Å²) in [5, 5.41) is 0. The van der Waals surface area contributed by atoms with Crippen molar-refractivity contribution in [1.82, 2.24) is 4.57 Å². The van der Waals surface area contributed by atoms with Crippen LogP contribution in [0.3, 0.4) is 0 Å². The smallest absolute Gasteiger partial charge is 0.239 e. The van der Waals surface area contributed by atoms with Crippen molar-refractivity contribution in [1.29, 1.82) is 0 Å². The van der Waals surface area contributed by atoms with Crippen LogP contribution in [0.25, 0.3) is 0 Å². The second-order valence-corrected chi connectivity index (χ2v) is 8.33. The highest BCUT2D eigenvalue weighted by Gasteiger charge is 2.94. The number of halogens is 19. The summed E-state index contributed by atoms with van der Waals surface area (Å²) in [4.78, 5) is 0. The van der Waals surface area contributed by atoms with Crippen molar-refractivity contribution < 1.29 is 83.6 Å². The molecule has 0 atom stereocenters. The molecule has 0 aliphatic carbocycles. The van der Waals surface area contributed by atoms with Gasteiger partial charge in [-0.3, -0.25) is 0 Å². The van der Waals surface area contributed by atoms with Crippen molar-refractivity contribution in [2.24, 2.45) is 7.05 Å². The second kappa shape index (κ2) is 8.35. The zero-order chi connectivity index (χ0) is 28.5. The molecule has 0 fully saturated rings. The normalized spacial score (nSPS) is 16.1. The van der Waals surface area contributed by atoms with Crippen LogP contribution >= 0.6 is 22.6 Å². The number of aromatic nitrogens is 2. The molecular formula is C14H8F18IN2+. The molecule has 0 aromatic carbocycles. The van der Waals surface area contributed by atoms with Crippen molar-refractivity contribution in [3.8, 4) is 0 Å². The van der Waals surface area contributed by atoms with Gasteiger partial charge in [0.25, 0.3) is 0 Å². The lowest BCUT2D eigenvalue weighted by molar-refractivity contribution is -0.671. The molecule has 0 aliphatic heterocycles. The van der Waals surface area contributed by atoms with Gasteiger partial charge in [-0.05, 0) is 0 Å². The number of nitrogens with zero attached hydrogens (tertiary/aromatic N) is 2. The first-order valence-corrected chi connectivity index (χ1v) is 9.16. The monoisotopic (exact) mass is 673 g/mol. The molecule has 0 spiro atoms. The highest BCUT2D eigenvalue weighted by Crippen LogP contribution is 2.65. The van der Waals surface area contributed by atoms with Crippen molar-refractivity contribution >= 4 is 22.6 Å². The highest BCUT2D eigenvalue weighted by molar-refractivity contribution is 14.1. The van der Waals surface area contributed by atoms with Crippen LogP contribution in [0.15, 0.2) is 18.7 Å². The van der Waals surface area contributed by atoms with E-state index in [0.717, 1.165) is 7.05 Å². The topological polar surface area (TPSA) is 8.81 Å². The predicted octanol–water partition coefficient (Wildman–Crippen LogP) is 6.73. The molecule has 206 valence electrons. The Morgan fingerprint density at radius 3 is 1.26 bits per heavy atom. The second-order valence-electron chi connectivity index (χ2n) is 6.98. The molecule has 1 rings (SSSR count). The maximum atomic E-state index is 13.8. The fourth-order valence-corrected chi connectivity index (χ4v) is 2.65. The molecule has 1 aromatic rings. The van der Waals surface area contributed by atoms with Crippen LogP contribution < -0.4 is 4.57 Å². The Morgan fingerprint density at radius 2 is 0.943 bits per heavy atom. The summed E-state index contributed by atoms with van der Waals surface area (Å²) in [6.07, 6.45) is -2.81. The molecule has 1 aromatic heterocycles. The van der Waals surface area contributed by atoms with Crippen LogP contribution in [0.4, 0.5) is 79.0 Å². The summed E-state index contributed by atoms with van der Waals surface area (Å²) in [5.41, 5.74) is 0. The van der Waals surface area contributed by atoms with E-state index in [9.17, 15) is 79.0 Å². The average Bonchev–Trinajstić information content (AvgIpc) is 3.06. The van der Waals surface area contributed by atoms with Crippen molar-refractivity contribution in [3.05, 3.63) is 18.7 Å². The number of hydrogen-bond donors (Lipinski definition) is 0. The molecule has 0 radical (unpaired) electrons. The van der Waals surface area contributed by atoms with Gasteiger partial charge in [-0.25, -0.2) is 4.57 Å². The van der Waals surface area contributed by atoms with E-state index in [1.807, 2.05) is 0 Å². The van der Waals surface area contributed by atoms with Crippen molar-refractivity contribution in [3.63, 3.8) is 0 Å². The van der Waals surface area contributed by atoms with E-state index in [1.54, 1.807) is 0 Å². The van der Waals surface area contributed by atoms with Gasteiger partial charge < -0.3 is 0 Å². The lowest BCUT2D eigenvalue weighted by Crippen LogP contribution is -2.74. The summed E-state index contributed by atoms with van der Waals surface area (Å²) >= 11 is -1.000. The Balaban J connectivity index is 3.60. The Bertz CT molecular complexity index is 915. The van der Waals surface area contributed by atoms with E-state index in [1.165, 1.54) is 0 Å². The largest absolute Gasteiger partial charge is 0.403 e. The molecule has 1 heterocycles. The minimum absolute atomic E-state index is 0.183. The molecule has 0 bridgehead atoms. The van der Waals surface area contributed by atoms with Gasteiger partial charge in [-0.15, -0.1) is 0 Å². The van der Waals surface area contributed by atoms with E-state index < -0.39 is 85.0 Å². The fourth-order valence-electron chi connectivity index (χ4n) is 2.31. The highest BCUT2D eigenvalue weighted by atomic mass is 127. The molecular weight excluding hydrogens is 665 g/mol. The molecule has 0 saturated carbocycles. The summed E-state index contributed by atoms with van der Waals surface area (Å²) in [6, 6.07) is -5.33. The van der Waals surface area contributed by atoms with Crippen LogP contribution in [0, 0.1) is 0 Å². The number of alkyl halides is 19. The zero-order valence-corrected chi connectivity index (χ0v) is 18.2. The average molecular weight is 673 g/mol. The molecule has 2 nitrogen and oxygen atoms in total. The molecule has 0 N–H and O–H groups in total. The molecule has 35 heavy (non-hydrogen) atoms. The third-order valence-corrected chi connectivity index (χ3v) is 5.05. The summed E-state index contributed by atoms with van der Waals surface area (Å²) in [5.74, 6) is -56.8. The lowest BCUT2D eigenvalue weighted by Gasteiger charge is -2.43. The van der Waals surface area contributed by atoms with Crippen LogP contribution in [-0.2, 0) is 13.1 Å². The lowest BCUT2D eigenvalue weighted by atomic mass is 9.88. The summed E-state index contributed by atoms with van der Waals surface area (Å²) in [6.45, 7) is 0. The maximum Gasteiger partial charge on any atom is 0.403 e. The predicted molar refractivity (Wildman–Crippen MR) is 84.0 cm³/mol. The maximum absolute atomic E-state index is 13.8. The first kappa shape index (κ1) is 31.7. The van der Waals surface area contributed by atoms with E-state index in [0.29, 0.717) is 10.8 Å². The molecule has 0 unspecified atom stereocenters. The Labute approximate surface area is 195 Å². The van der Waals surface area contributed by atoms with Gasteiger partial charge in [-0.1, -0.05) is 0 Å². The SMILES string of the molecule is C[n+]1ccn(C(F)(F)CC(F)(F)C(F)(F)C(F)(F)C(F)(F)C(F)(F)C(F)(F)C(F)(F)C(F)(F)I)c1. The molecule has 0 amide bonds. The number of rotatable bonds is 10. The minimum Gasteiger partial charge on any atom is -0.239 e. The first-order chi connectivity index (χ1) is 15.0. The van der Waals surface area contributed by atoms with Crippen molar-refractivity contribution in [2.45, 2.75) is 57.9 Å². The third-order valence-electron chi connectivity index (χ3n) is 4.37. The number of aryl methyl sites for hydroxylation is 1. The van der Waals surface area contributed by atoms with Gasteiger partial charge in [0.2, 0.25) is 6.33 Å². The number of hydrogen-bond acceptors (Lipinski definition) is 0. The molecule has 0 aliphatic rings. The van der Waals surface area contributed by atoms with Gasteiger partial charge in [-0.2, -0.15) is 83.6 Å². The first-order valence-electron chi connectivity index (χ1n) is 8.08. The standard InChI is InChI=1S/C14H8F18IN2/c1-34-2-3-35(5-34)7(17,18)4-6(15,16)8(19,20)9(21,22)10(23,24)11(25,26)12(27,28)13(29,30)14(31,32)33/h2-3,5H,4H2,1H3/q+1. The van der Waals surface area contributed by atoms with Gasteiger partial charge >= 0.3 is 51.4 Å². The van der Waals surface area contributed by atoms with Crippen LogP contribution in [-0.4, -0.2) is 50.0 Å². The van der Waals surface area contributed by atoms with E-state index >= 15 is 0 Å².